The molecule has 26 heavy (non-hydrogen) atoms. The molecule has 5 nitrogen and oxygen atoms in total. The first-order valence-corrected chi connectivity index (χ1v) is 7.72. The molecule has 8 heteroatoms. The van der Waals surface area contributed by atoms with Crippen molar-refractivity contribution in [2.75, 3.05) is 26.9 Å². The van der Waals surface area contributed by atoms with Crippen LogP contribution in [0.25, 0.3) is 0 Å². The summed E-state index contributed by atoms with van der Waals surface area (Å²) >= 11 is 0. The fourth-order valence-electron chi connectivity index (χ4n) is 2.05. The average molecular weight is 369 g/mol. The van der Waals surface area contributed by atoms with E-state index in [2.05, 4.69) is 5.32 Å². The molecule has 0 saturated carbocycles. The highest BCUT2D eigenvalue weighted by molar-refractivity contribution is 5.77. The number of para-hydroxylation sites is 2. The van der Waals surface area contributed by atoms with Gasteiger partial charge in [0.1, 0.15) is 12.4 Å². The lowest BCUT2D eigenvalue weighted by molar-refractivity contribution is -0.137. The highest BCUT2D eigenvalue weighted by atomic mass is 19.4. The number of methoxy groups -OCH3 is 1. The third-order valence-electron chi connectivity index (χ3n) is 3.28. The number of benzene rings is 2. The predicted octanol–water partition coefficient (Wildman–Crippen LogP) is 3.29. The van der Waals surface area contributed by atoms with Crippen LogP contribution >= 0.6 is 0 Å². The lowest BCUT2D eigenvalue weighted by Gasteiger charge is -2.12. The number of carbonyl (C=O) groups is 1. The SMILES string of the molecule is COc1ccccc1OCCNC(=O)COc1cccc(C(F)(F)F)c1. The van der Waals surface area contributed by atoms with Crippen molar-refractivity contribution in [3.63, 3.8) is 0 Å². The Bertz CT molecular complexity index is 734. The zero-order valence-electron chi connectivity index (χ0n) is 14.0. The minimum atomic E-state index is -4.46. The number of carbonyl (C=O) groups excluding carboxylic acids is 1. The van der Waals surface area contributed by atoms with Crippen LogP contribution in [0, 0.1) is 0 Å². The lowest BCUT2D eigenvalue weighted by Crippen LogP contribution is -2.32. The second-order valence-corrected chi connectivity index (χ2v) is 5.16. The zero-order valence-corrected chi connectivity index (χ0v) is 14.0. The fourth-order valence-corrected chi connectivity index (χ4v) is 2.05. The average Bonchev–Trinajstić information content (AvgIpc) is 2.63. The van der Waals surface area contributed by atoms with E-state index in [9.17, 15) is 18.0 Å². The Morgan fingerprint density at radius 3 is 2.46 bits per heavy atom. The second-order valence-electron chi connectivity index (χ2n) is 5.16. The molecule has 2 aromatic carbocycles. The van der Waals surface area contributed by atoms with Gasteiger partial charge < -0.3 is 19.5 Å². The van der Waals surface area contributed by atoms with Crippen molar-refractivity contribution in [3.05, 3.63) is 54.1 Å². The Kier molecular flexibility index (Phi) is 6.71. The van der Waals surface area contributed by atoms with Crippen LogP contribution < -0.4 is 19.5 Å². The molecular formula is C18H18F3NO4. The van der Waals surface area contributed by atoms with Gasteiger partial charge in [-0.05, 0) is 30.3 Å². The molecule has 1 amide bonds. The van der Waals surface area contributed by atoms with Crippen LogP contribution in [0.3, 0.4) is 0 Å². The molecule has 0 aliphatic carbocycles. The van der Waals surface area contributed by atoms with E-state index in [0.29, 0.717) is 11.5 Å². The molecule has 0 spiro atoms. The van der Waals surface area contributed by atoms with Gasteiger partial charge in [0.25, 0.3) is 5.91 Å². The first kappa shape index (κ1) is 19.4. The summed E-state index contributed by atoms with van der Waals surface area (Å²) in [6.07, 6.45) is -4.46. The summed E-state index contributed by atoms with van der Waals surface area (Å²) in [7, 11) is 1.52. The number of rotatable bonds is 8. The maximum atomic E-state index is 12.6. The number of ether oxygens (including phenoxy) is 3. The van der Waals surface area contributed by atoms with Crippen molar-refractivity contribution in [1.29, 1.82) is 0 Å². The van der Waals surface area contributed by atoms with E-state index in [-0.39, 0.29) is 18.9 Å². The number of hydrogen-bond acceptors (Lipinski definition) is 4. The molecule has 2 rings (SSSR count). The minimum Gasteiger partial charge on any atom is -0.493 e. The predicted molar refractivity (Wildman–Crippen MR) is 88.4 cm³/mol. The van der Waals surface area contributed by atoms with E-state index < -0.39 is 24.3 Å². The quantitative estimate of drug-likeness (QED) is 0.726. The van der Waals surface area contributed by atoms with Crippen LogP contribution in [0.5, 0.6) is 17.2 Å². The van der Waals surface area contributed by atoms with E-state index in [0.717, 1.165) is 12.1 Å². The standard InChI is InChI=1S/C18H18F3NO4/c1-24-15-7-2-3-8-16(15)25-10-9-22-17(23)12-26-14-6-4-5-13(11-14)18(19,20)21/h2-8,11H,9-10,12H2,1H3,(H,22,23). The Hall–Kier alpha value is -2.90. The first-order valence-electron chi connectivity index (χ1n) is 7.72. The molecule has 0 aromatic heterocycles. The molecule has 0 fully saturated rings. The van der Waals surface area contributed by atoms with Gasteiger partial charge in [-0.2, -0.15) is 13.2 Å². The second kappa shape index (κ2) is 8.98. The van der Waals surface area contributed by atoms with E-state index in [1.165, 1.54) is 19.2 Å². The summed E-state index contributed by atoms with van der Waals surface area (Å²) in [6, 6.07) is 11.4. The maximum Gasteiger partial charge on any atom is 0.416 e. The van der Waals surface area contributed by atoms with Crippen LogP contribution in [0.15, 0.2) is 48.5 Å². The molecule has 0 unspecified atom stereocenters. The number of amides is 1. The highest BCUT2D eigenvalue weighted by Crippen LogP contribution is 2.31. The summed E-state index contributed by atoms with van der Waals surface area (Å²) in [4.78, 5) is 11.7. The van der Waals surface area contributed by atoms with Gasteiger partial charge in [0, 0.05) is 0 Å². The fraction of sp³-hybridized carbons (Fsp3) is 0.278. The highest BCUT2D eigenvalue weighted by Gasteiger charge is 2.30. The molecule has 0 aliphatic heterocycles. The normalized spacial score (nSPS) is 10.9. The van der Waals surface area contributed by atoms with Crippen molar-refractivity contribution in [2.45, 2.75) is 6.18 Å². The van der Waals surface area contributed by atoms with Gasteiger partial charge in [0.15, 0.2) is 18.1 Å². The van der Waals surface area contributed by atoms with Gasteiger partial charge in [-0.25, -0.2) is 0 Å². The third-order valence-corrected chi connectivity index (χ3v) is 3.28. The van der Waals surface area contributed by atoms with Gasteiger partial charge in [0.05, 0.1) is 19.2 Å². The van der Waals surface area contributed by atoms with Gasteiger partial charge in [-0.1, -0.05) is 18.2 Å². The van der Waals surface area contributed by atoms with E-state index in [4.69, 9.17) is 14.2 Å². The van der Waals surface area contributed by atoms with Crippen LogP contribution in [-0.4, -0.2) is 32.8 Å². The van der Waals surface area contributed by atoms with E-state index >= 15 is 0 Å². The summed E-state index contributed by atoms with van der Waals surface area (Å²) in [5.74, 6) is 0.627. The van der Waals surface area contributed by atoms with Crippen LogP contribution in [0.4, 0.5) is 13.2 Å². The number of alkyl halides is 3. The molecule has 0 atom stereocenters. The summed E-state index contributed by atoms with van der Waals surface area (Å²) < 4.78 is 53.5. The molecule has 140 valence electrons. The number of hydrogen-bond donors (Lipinski definition) is 1. The van der Waals surface area contributed by atoms with Crippen molar-refractivity contribution >= 4 is 5.91 Å². The van der Waals surface area contributed by atoms with Gasteiger partial charge in [-0.15, -0.1) is 0 Å². The minimum absolute atomic E-state index is 0.0275. The molecular weight excluding hydrogens is 351 g/mol. The first-order chi connectivity index (χ1) is 12.4. The van der Waals surface area contributed by atoms with Crippen LogP contribution in [-0.2, 0) is 11.0 Å². The van der Waals surface area contributed by atoms with Gasteiger partial charge in [0.2, 0.25) is 0 Å². The summed E-state index contributed by atoms with van der Waals surface area (Å²) in [6.45, 7) is 0.0223. The molecule has 1 N–H and O–H groups in total. The Morgan fingerprint density at radius 1 is 1.04 bits per heavy atom. The maximum absolute atomic E-state index is 12.6. The van der Waals surface area contributed by atoms with E-state index in [1.807, 2.05) is 0 Å². The van der Waals surface area contributed by atoms with Crippen molar-refractivity contribution in [1.82, 2.24) is 5.32 Å². The van der Waals surface area contributed by atoms with Crippen LogP contribution in [0.2, 0.25) is 0 Å². The monoisotopic (exact) mass is 369 g/mol. The number of nitrogens with one attached hydrogen (secondary N) is 1. The largest absolute Gasteiger partial charge is 0.493 e. The zero-order chi connectivity index (χ0) is 19.0. The smallest absolute Gasteiger partial charge is 0.416 e. The summed E-state index contributed by atoms with van der Waals surface area (Å²) in [5.41, 5.74) is -0.833. The Labute approximate surface area is 148 Å². The Morgan fingerprint density at radius 2 is 1.77 bits per heavy atom. The Balaban J connectivity index is 1.73. The van der Waals surface area contributed by atoms with Gasteiger partial charge in [-0.3, -0.25) is 4.79 Å². The van der Waals surface area contributed by atoms with Crippen molar-refractivity contribution < 1.29 is 32.2 Å². The molecule has 0 bridgehead atoms. The molecule has 0 radical (unpaired) electrons. The van der Waals surface area contributed by atoms with E-state index in [1.54, 1.807) is 24.3 Å². The van der Waals surface area contributed by atoms with Crippen molar-refractivity contribution in [2.24, 2.45) is 0 Å². The lowest BCUT2D eigenvalue weighted by atomic mass is 10.2. The molecule has 0 saturated heterocycles. The molecule has 0 aliphatic rings. The molecule has 2 aromatic rings. The van der Waals surface area contributed by atoms with Crippen molar-refractivity contribution in [3.8, 4) is 17.2 Å². The van der Waals surface area contributed by atoms with Crippen LogP contribution in [0.1, 0.15) is 5.56 Å². The third kappa shape index (κ3) is 5.87. The summed E-state index contributed by atoms with van der Waals surface area (Å²) in [5, 5.41) is 2.55. The topological polar surface area (TPSA) is 56.8 Å². The van der Waals surface area contributed by atoms with Gasteiger partial charge >= 0.3 is 6.18 Å². The number of halogens is 3. The molecule has 0 heterocycles.